The second-order valence-electron chi connectivity index (χ2n) is 10.5. The highest BCUT2D eigenvalue weighted by molar-refractivity contribution is 5.96. The van der Waals surface area contributed by atoms with E-state index >= 15 is 0 Å². The first kappa shape index (κ1) is 25.7. The maximum absolute atomic E-state index is 13.1. The molecule has 0 aliphatic heterocycles. The average molecular weight is 533 g/mol. The summed E-state index contributed by atoms with van der Waals surface area (Å²) in [5, 5.41) is 20.5. The van der Waals surface area contributed by atoms with Crippen LogP contribution in [-0.2, 0) is 11.3 Å². The van der Waals surface area contributed by atoms with Gasteiger partial charge in [0, 0.05) is 23.5 Å². The highest BCUT2D eigenvalue weighted by Gasteiger charge is 2.27. The van der Waals surface area contributed by atoms with Crippen LogP contribution in [-0.4, -0.2) is 37.4 Å². The Morgan fingerprint density at radius 1 is 1.07 bits per heavy atom. The highest BCUT2D eigenvalue weighted by atomic mass is 16.3. The van der Waals surface area contributed by atoms with Gasteiger partial charge in [-0.2, -0.15) is 5.10 Å². The Bertz CT molecular complexity index is 1690. The molecule has 0 radical (unpaired) electrons. The molecular formula is C32H32N6O2. The molecule has 0 bridgehead atoms. The third-order valence-electron chi connectivity index (χ3n) is 7.38. The van der Waals surface area contributed by atoms with Crippen molar-refractivity contribution in [3.8, 4) is 11.1 Å². The van der Waals surface area contributed by atoms with Crippen molar-refractivity contribution in [2.24, 2.45) is 0 Å². The van der Waals surface area contributed by atoms with E-state index in [0.29, 0.717) is 18.4 Å². The largest absolute Gasteiger partial charge is 0.394 e. The van der Waals surface area contributed by atoms with Gasteiger partial charge in [0.1, 0.15) is 0 Å². The van der Waals surface area contributed by atoms with Crippen LogP contribution in [0.2, 0.25) is 0 Å². The molecule has 6 rings (SSSR count). The van der Waals surface area contributed by atoms with Crippen molar-refractivity contribution in [1.82, 2.24) is 19.7 Å². The summed E-state index contributed by atoms with van der Waals surface area (Å²) in [5.74, 6) is 0.756. The summed E-state index contributed by atoms with van der Waals surface area (Å²) in [6.45, 7) is 4.44. The van der Waals surface area contributed by atoms with Crippen LogP contribution in [0.1, 0.15) is 48.3 Å². The van der Waals surface area contributed by atoms with Crippen molar-refractivity contribution in [3.05, 3.63) is 95.9 Å². The van der Waals surface area contributed by atoms with Gasteiger partial charge in [-0.05, 0) is 79.1 Å². The van der Waals surface area contributed by atoms with Gasteiger partial charge in [0.2, 0.25) is 11.9 Å². The molecule has 3 N–H and O–H groups in total. The van der Waals surface area contributed by atoms with Crippen LogP contribution in [0.15, 0.2) is 79.3 Å². The number of aliphatic hydroxyl groups excluding tert-OH is 1. The number of carbonyl (C=O) groups is 1. The molecular weight excluding hydrogens is 500 g/mol. The minimum Gasteiger partial charge on any atom is -0.394 e. The highest BCUT2D eigenvalue weighted by Crippen LogP contribution is 2.45. The Hall–Kier alpha value is -4.56. The van der Waals surface area contributed by atoms with Gasteiger partial charge in [0.05, 0.1) is 36.5 Å². The molecule has 1 unspecified atom stereocenters. The predicted octanol–water partition coefficient (Wildman–Crippen LogP) is 6.16. The van der Waals surface area contributed by atoms with Crippen molar-refractivity contribution in [1.29, 1.82) is 0 Å². The average Bonchev–Trinajstić information content (AvgIpc) is 3.72. The first-order valence-corrected chi connectivity index (χ1v) is 13.7. The van der Waals surface area contributed by atoms with Crippen molar-refractivity contribution in [3.63, 3.8) is 0 Å². The van der Waals surface area contributed by atoms with Crippen LogP contribution in [0.3, 0.4) is 0 Å². The topological polar surface area (TPSA) is 105 Å². The number of nitrogens with zero attached hydrogens (tertiary/aromatic N) is 4. The number of hydrogen-bond donors (Lipinski definition) is 3. The van der Waals surface area contributed by atoms with Crippen LogP contribution in [0.4, 0.5) is 17.3 Å². The van der Waals surface area contributed by atoms with E-state index in [-0.39, 0.29) is 18.4 Å². The van der Waals surface area contributed by atoms with E-state index in [0.717, 1.165) is 44.5 Å². The zero-order valence-electron chi connectivity index (χ0n) is 22.6. The number of nitrogens with one attached hydrogen (secondary N) is 2. The van der Waals surface area contributed by atoms with E-state index < -0.39 is 0 Å². The van der Waals surface area contributed by atoms with Gasteiger partial charge < -0.3 is 15.7 Å². The number of carbonyl (C=O) groups excluding carboxylic acids is 1. The SMILES string of the molecule is Cc1cccc(C(C)C(=O)Nc2ccc(C3CC3)c(-c3ccc4nc(Nc5cnn(CCO)c5)ncc4c3)c2)c1. The van der Waals surface area contributed by atoms with Gasteiger partial charge in [-0.3, -0.25) is 9.48 Å². The third-order valence-corrected chi connectivity index (χ3v) is 7.38. The molecule has 0 spiro atoms. The van der Waals surface area contributed by atoms with E-state index in [1.807, 2.05) is 50.4 Å². The van der Waals surface area contributed by atoms with Crippen molar-refractivity contribution < 1.29 is 9.90 Å². The number of hydrogen-bond acceptors (Lipinski definition) is 6. The smallest absolute Gasteiger partial charge is 0.231 e. The standard InChI is InChI=1S/C32H32N6O2/c1-20-4-3-5-23(14-20)21(2)31(40)35-26-9-10-28(22-6-7-22)29(16-26)24-8-11-30-25(15-24)17-33-32(37-30)36-27-18-34-38(19-27)12-13-39/h3-5,8-11,14-19,21-22,39H,6-7,12-13H2,1-2H3,(H,35,40)(H,33,36,37). The summed E-state index contributed by atoms with van der Waals surface area (Å²) in [6.07, 6.45) is 7.67. The first-order valence-electron chi connectivity index (χ1n) is 13.7. The van der Waals surface area contributed by atoms with Gasteiger partial charge in [0.25, 0.3) is 0 Å². The normalized spacial score (nSPS) is 13.8. The Balaban J connectivity index is 1.25. The maximum atomic E-state index is 13.1. The molecule has 5 aromatic rings. The van der Waals surface area contributed by atoms with Crippen molar-refractivity contribution in [2.75, 3.05) is 17.2 Å². The summed E-state index contributed by atoms with van der Waals surface area (Å²) in [6, 6.07) is 20.6. The lowest BCUT2D eigenvalue weighted by atomic mass is 9.94. The molecule has 1 atom stereocenters. The van der Waals surface area contributed by atoms with Crippen molar-refractivity contribution >= 4 is 34.1 Å². The number of aliphatic hydroxyl groups is 1. The summed E-state index contributed by atoms with van der Waals surface area (Å²) >= 11 is 0. The van der Waals surface area contributed by atoms with Crippen LogP contribution >= 0.6 is 0 Å². The van der Waals surface area contributed by atoms with Gasteiger partial charge >= 0.3 is 0 Å². The molecule has 1 amide bonds. The second kappa shape index (κ2) is 10.9. The lowest BCUT2D eigenvalue weighted by Crippen LogP contribution is -2.19. The molecule has 8 nitrogen and oxygen atoms in total. The van der Waals surface area contributed by atoms with Gasteiger partial charge in [0.15, 0.2) is 0 Å². The molecule has 1 aliphatic carbocycles. The van der Waals surface area contributed by atoms with E-state index in [1.54, 1.807) is 17.1 Å². The lowest BCUT2D eigenvalue weighted by Gasteiger charge is -2.16. The predicted molar refractivity (Wildman–Crippen MR) is 158 cm³/mol. The molecule has 2 aromatic heterocycles. The molecule has 1 aliphatic rings. The third kappa shape index (κ3) is 5.58. The van der Waals surface area contributed by atoms with Crippen LogP contribution in [0, 0.1) is 6.92 Å². The fourth-order valence-electron chi connectivity index (χ4n) is 5.02. The number of amides is 1. The van der Waals surface area contributed by atoms with Gasteiger partial charge in [-0.1, -0.05) is 42.0 Å². The Kier molecular flexibility index (Phi) is 7.00. The Morgan fingerprint density at radius 3 is 2.75 bits per heavy atom. The monoisotopic (exact) mass is 532 g/mol. The quantitative estimate of drug-likeness (QED) is 0.210. The molecule has 1 saturated carbocycles. The molecule has 202 valence electrons. The Labute approximate surface area is 233 Å². The number of rotatable bonds is 9. The molecule has 3 aromatic carbocycles. The Morgan fingerprint density at radius 2 is 1.95 bits per heavy atom. The zero-order valence-corrected chi connectivity index (χ0v) is 22.6. The van der Waals surface area contributed by atoms with E-state index in [9.17, 15) is 4.79 Å². The molecule has 8 heteroatoms. The summed E-state index contributed by atoms with van der Waals surface area (Å²) in [7, 11) is 0. The number of fused-ring (bicyclic) bond motifs is 1. The van der Waals surface area contributed by atoms with E-state index in [1.165, 1.54) is 18.4 Å². The lowest BCUT2D eigenvalue weighted by molar-refractivity contribution is -0.117. The van der Waals surface area contributed by atoms with E-state index in [4.69, 9.17) is 5.11 Å². The van der Waals surface area contributed by atoms with Crippen molar-refractivity contribution in [2.45, 2.75) is 45.1 Å². The van der Waals surface area contributed by atoms with Gasteiger partial charge in [-0.25, -0.2) is 9.97 Å². The minimum atomic E-state index is -0.254. The minimum absolute atomic E-state index is 0.0235. The fourth-order valence-corrected chi connectivity index (χ4v) is 5.02. The summed E-state index contributed by atoms with van der Waals surface area (Å²) in [5.41, 5.74) is 8.04. The molecule has 2 heterocycles. The molecule has 40 heavy (non-hydrogen) atoms. The summed E-state index contributed by atoms with van der Waals surface area (Å²) in [4.78, 5) is 22.3. The molecule has 0 saturated heterocycles. The van der Waals surface area contributed by atoms with Crippen LogP contribution in [0.25, 0.3) is 22.0 Å². The number of aryl methyl sites for hydroxylation is 1. The second-order valence-corrected chi connectivity index (χ2v) is 10.5. The number of aromatic nitrogens is 4. The van der Waals surface area contributed by atoms with Crippen LogP contribution in [0.5, 0.6) is 0 Å². The van der Waals surface area contributed by atoms with Gasteiger partial charge in [-0.15, -0.1) is 0 Å². The maximum Gasteiger partial charge on any atom is 0.231 e. The first-order chi connectivity index (χ1) is 19.5. The number of anilines is 3. The zero-order chi connectivity index (χ0) is 27.6. The van der Waals surface area contributed by atoms with Crippen LogP contribution < -0.4 is 10.6 Å². The molecule has 1 fully saturated rings. The fraction of sp³-hybridized carbons (Fsp3) is 0.250. The van der Waals surface area contributed by atoms with E-state index in [2.05, 4.69) is 56.0 Å². The summed E-state index contributed by atoms with van der Waals surface area (Å²) < 4.78 is 1.66. The number of benzene rings is 3.